The van der Waals surface area contributed by atoms with E-state index >= 15 is 0 Å². The molecule has 1 amide bonds. The molecular weight excluding hydrogens is 260 g/mol. The minimum absolute atomic E-state index is 0.0406. The van der Waals surface area contributed by atoms with E-state index in [9.17, 15) is 9.90 Å². The molecule has 0 spiro atoms. The third kappa shape index (κ3) is 4.44. The molecule has 1 aliphatic rings. The number of carbonyl (C=O) groups excluding carboxylic acids is 1. The van der Waals surface area contributed by atoms with E-state index in [2.05, 4.69) is 10.6 Å². The summed E-state index contributed by atoms with van der Waals surface area (Å²) in [5, 5.41) is 15.4. The quantitative estimate of drug-likeness (QED) is 0.765. The number of carbonyl (C=O) groups is 1. The summed E-state index contributed by atoms with van der Waals surface area (Å²) in [6, 6.07) is 7.34. The summed E-state index contributed by atoms with van der Waals surface area (Å²) < 4.78 is 0. The molecule has 2 unspecified atom stereocenters. The molecule has 2 rings (SSSR count). The smallest absolute Gasteiger partial charge is 0.238 e. The van der Waals surface area contributed by atoms with Gasteiger partial charge in [-0.15, -0.1) is 11.8 Å². The first-order valence-electron chi connectivity index (χ1n) is 6.54. The van der Waals surface area contributed by atoms with Crippen molar-refractivity contribution in [2.75, 3.05) is 11.6 Å². The number of phenolic OH excluding ortho intramolecular Hbond substituents is 1. The van der Waals surface area contributed by atoms with Crippen LogP contribution in [0.3, 0.4) is 0 Å². The van der Waals surface area contributed by atoms with Crippen LogP contribution < -0.4 is 10.6 Å². The second-order valence-corrected chi connectivity index (χ2v) is 5.92. The topological polar surface area (TPSA) is 61.4 Å². The highest BCUT2D eigenvalue weighted by molar-refractivity contribution is 7.99. The fourth-order valence-electron chi connectivity index (χ4n) is 2.03. The Morgan fingerprint density at radius 3 is 2.89 bits per heavy atom. The van der Waals surface area contributed by atoms with E-state index in [1.807, 2.05) is 19.1 Å². The van der Waals surface area contributed by atoms with E-state index in [4.69, 9.17) is 0 Å². The first-order valence-corrected chi connectivity index (χ1v) is 7.70. The Morgan fingerprint density at radius 2 is 2.26 bits per heavy atom. The zero-order valence-electron chi connectivity index (χ0n) is 11.1. The first-order chi connectivity index (χ1) is 9.15. The summed E-state index contributed by atoms with van der Waals surface area (Å²) in [6.07, 6.45) is 1.80. The molecule has 1 saturated heterocycles. The lowest BCUT2D eigenvalue weighted by atomic mass is 10.1. The van der Waals surface area contributed by atoms with Gasteiger partial charge in [0.2, 0.25) is 5.91 Å². The van der Waals surface area contributed by atoms with Gasteiger partial charge < -0.3 is 10.4 Å². The summed E-state index contributed by atoms with van der Waals surface area (Å²) >= 11 is 1.75. The molecule has 0 bridgehead atoms. The van der Waals surface area contributed by atoms with E-state index in [1.54, 1.807) is 23.9 Å². The lowest BCUT2D eigenvalue weighted by Gasteiger charge is -2.17. The highest BCUT2D eigenvalue weighted by Gasteiger charge is 2.23. The lowest BCUT2D eigenvalue weighted by molar-refractivity contribution is -0.123. The van der Waals surface area contributed by atoms with Crippen molar-refractivity contribution in [3.8, 4) is 5.75 Å². The van der Waals surface area contributed by atoms with Crippen molar-refractivity contribution in [2.24, 2.45) is 0 Å². The lowest BCUT2D eigenvalue weighted by Crippen LogP contribution is -2.45. The monoisotopic (exact) mass is 280 g/mol. The zero-order valence-corrected chi connectivity index (χ0v) is 11.9. The number of aryl methyl sites for hydroxylation is 1. The minimum Gasteiger partial charge on any atom is -0.508 e. The average molecular weight is 280 g/mol. The molecule has 0 aliphatic carbocycles. The van der Waals surface area contributed by atoms with Crippen molar-refractivity contribution in [2.45, 2.75) is 31.8 Å². The van der Waals surface area contributed by atoms with Crippen LogP contribution in [0.25, 0.3) is 0 Å². The SMILES string of the molecule is CC(CCc1ccc(O)cc1)NC(=O)C1CSCN1. The Hall–Kier alpha value is -1.20. The van der Waals surface area contributed by atoms with Gasteiger partial charge in [-0.25, -0.2) is 0 Å². The summed E-state index contributed by atoms with van der Waals surface area (Å²) in [7, 11) is 0. The number of nitrogens with one attached hydrogen (secondary N) is 2. The number of hydrogen-bond acceptors (Lipinski definition) is 4. The number of benzene rings is 1. The zero-order chi connectivity index (χ0) is 13.7. The molecule has 1 aliphatic heterocycles. The molecule has 104 valence electrons. The standard InChI is InChI=1S/C14H20N2O2S/c1-10(16-14(18)13-8-19-9-15-13)2-3-11-4-6-12(17)7-5-11/h4-7,10,13,15,17H,2-3,8-9H2,1H3,(H,16,18). The number of hydrogen-bond donors (Lipinski definition) is 3. The van der Waals surface area contributed by atoms with Crippen LogP contribution in [0.15, 0.2) is 24.3 Å². The summed E-state index contributed by atoms with van der Waals surface area (Å²) in [6.45, 7) is 2.03. The number of amides is 1. The Bertz CT molecular complexity index is 416. The van der Waals surface area contributed by atoms with Crippen molar-refractivity contribution in [3.05, 3.63) is 29.8 Å². The fraction of sp³-hybridized carbons (Fsp3) is 0.500. The second kappa shape index (κ2) is 6.82. The van der Waals surface area contributed by atoms with Crippen molar-refractivity contribution >= 4 is 17.7 Å². The molecule has 1 fully saturated rings. The van der Waals surface area contributed by atoms with Gasteiger partial charge in [0, 0.05) is 17.7 Å². The van der Waals surface area contributed by atoms with Gasteiger partial charge in [-0.2, -0.15) is 0 Å². The maximum Gasteiger partial charge on any atom is 0.238 e. The second-order valence-electron chi connectivity index (χ2n) is 4.89. The molecule has 0 saturated carbocycles. The normalized spacial score (nSPS) is 20.2. The van der Waals surface area contributed by atoms with Crippen LogP contribution in [-0.4, -0.2) is 34.7 Å². The van der Waals surface area contributed by atoms with Gasteiger partial charge >= 0.3 is 0 Å². The van der Waals surface area contributed by atoms with E-state index in [-0.39, 0.29) is 23.7 Å². The Balaban J connectivity index is 1.73. The molecule has 0 aromatic heterocycles. The Morgan fingerprint density at radius 1 is 1.53 bits per heavy atom. The number of aromatic hydroxyl groups is 1. The number of phenols is 1. The van der Waals surface area contributed by atoms with E-state index in [1.165, 1.54) is 5.56 Å². The summed E-state index contributed by atoms with van der Waals surface area (Å²) in [5.41, 5.74) is 1.17. The van der Waals surface area contributed by atoms with Crippen LogP contribution in [-0.2, 0) is 11.2 Å². The van der Waals surface area contributed by atoms with Gasteiger partial charge in [0.25, 0.3) is 0 Å². The van der Waals surface area contributed by atoms with Crippen molar-refractivity contribution < 1.29 is 9.90 Å². The highest BCUT2D eigenvalue weighted by Crippen LogP contribution is 2.13. The predicted octanol–water partition coefficient (Wildman–Crippen LogP) is 1.49. The number of rotatable bonds is 5. The van der Waals surface area contributed by atoms with Crippen LogP contribution >= 0.6 is 11.8 Å². The van der Waals surface area contributed by atoms with E-state index < -0.39 is 0 Å². The average Bonchev–Trinajstić information content (AvgIpc) is 2.92. The molecule has 19 heavy (non-hydrogen) atoms. The molecule has 4 nitrogen and oxygen atoms in total. The van der Waals surface area contributed by atoms with Crippen LogP contribution in [0.2, 0.25) is 0 Å². The van der Waals surface area contributed by atoms with Crippen LogP contribution in [0, 0.1) is 0 Å². The summed E-state index contributed by atoms with van der Waals surface area (Å²) in [5.74, 6) is 2.11. The van der Waals surface area contributed by atoms with Gasteiger partial charge in [0.1, 0.15) is 5.75 Å². The molecular formula is C14H20N2O2S. The maximum absolute atomic E-state index is 11.9. The van der Waals surface area contributed by atoms with Gasteiger partial charge in [-0.3, -0.25) is 10.1 Å². The van der Waals surface area contributed by atoms with Crippen molar-refractivity contribution in [1.29, 1.82) is 0 Å². The predicted molar refractivity (Wildman–Crippen MR) is 78.3 cm³/mol. The highest BCUT2D eigenvalue weighted by atomic mass is 32.2. The maximum atomic E-state index is 11.9. The molecule has 1 heterocycles. The third-order valence-electron chi connectivity index (χ3n) is 3.22. The van der Waals surface area contributed by atoms with Crippen LogP contribution in [0.1, 0.15) is 18.9 Å². The van der Waals surface area contributed by atoms with Gasteiger partial charge in [0.05, 0.1) is 6.04 Å². The summed E-state index contributed by atoms with van der Waals surface area (Å²) in [4.78, 5) is 11.9. The fourth-order valence-corrected chi connectivity index (χ4v) is 2.97. The molecule has 0 radical (unpaired) electrons. The van der Waals surface area contributed by atoms with Crippen LogP contribution in [0.4, 0.5) is 0 Å². The van der Waals surface area contributed by atoms with Gasteiger partial charge in [-0.1, -0.05) is 12.1 Å². The first kappa shape index (κ1) is 14.2. The van der Waals surface area contributed by atoms with E-state index in [0.717, 1.165) is 24.5 Å². The molecule has 1 aromatic rings. The largest absolute Gasteiger partial charge is 0.508 e. The molecule has 3 N–H and O–H groups in total. The van der Waals surface area contributed by atoms with Crippen LogP contribution in [0.5, 0.6) is 5.75 Å². The number of thioether (sulfide) groups is 1. The van der Waals surface area contributed by atoms with Gasteiger partial charge in [-0.05, 0) is 37.5 Å². The molecule has 5 heteroatoms. The molecule has 1 aromatic carbocycles. The Kier molecular flexibility index (Phi) is 5.10. The van der Waals surface area contributed by atoms with Gasteiger partial charge in [0.15, 0.2) is 0 Å². The third-order valence-corrected chi connectivity index (χ3v) is 4.16. The van der Waals surface area contributed by atoms with Crippen molar-refractivity contribution in [3.63, 3.8) is 0 Å². The Labute approximate surface area is 118 Å². The van der Waals surface area contributed by atoms with Crippen molar-refractivity contribution in [1.82, 2.24) is 10.6 Å². The molecule has 2 atom stereocenters. The van der Waals surface area contributed by atoms with E-state index in [0.29, 0.717) is 0 Å². The minimum atomic E-state index is -0.0406.